The van der Waals surface area contributed by atoms with Gasteiger partial charge >= 0.3 is 5.97 Å². The summed E-state index contributed by atoms with van der Waals surface area (Å²) >= 11 is 1.28. The normalized spacial score (nSPS) is 12.0. The minimum Gasteiger partial charge on any atom is -0.465 e. The molecule has 0 spiro atoms. The molecular weight excluding hydrogens is 486 g/mol. The maximum Gasteiger partial charge on any atom is 0.326 e. The van der Waals surface area contributed by atoms with Crippen LogP contribution in [-0.4, -0.2) is 31.5 Å². The van der Waals surface area contributed by atoms with Crippen molar-refractivity contribution in [2.75, 3.05) is 11.3 Å². The molecule has 35 heavy (non-hydrogen) atoms. The van der Waals surface area contributed by atoms with Gasteiger partial charge in [-0.2, -0.15) is 4.99 Å². The average Bonchev–Trinajstić information content (AvgIpc) is 3.16. The fraction of sp³-hybridized carbons (Fsp3) is 0.160. The summed E-state index contributed by atoms with van der Waals surface area (Å²) in [4.78, 5) is 29.9. The molecule has 0 bridgehead atoms. The van der Waals surface area contributed by atoms with Crippen molar-refractivity contribution in [3.05, 3.63) is 88.7 Å². The minimum atomic E-state index is -3.82. The second-order valence-corrected chi connectivity index (χ2v) is 10.4. The molecule has 8 nitrogen and oxygen atoms in total. The Labute approximate surface area is 206 Å². The van der Waals surface area contributed by atoms with Crippen LogP contribution in [0, 0.1) is 6.92 Å². The smallest absolute Gasteiger partial charge is 0.326 e. The van der Waals surface area contributed by atoms with E-state index in [0.717, 1.165) is 15.8 Å². The Hall–Kier alpha value is -3.76. The number of aryl methyl sites for hydroxylation is 1. The van der Waals surface area contributed by atoms with Gasteiger partial charge in [0.2, 0.25) is 0 Å². The zero-order valence-corrected chi connectivity index (χ0v) is 20.7. The van der Waals surface area contributed by atoms with Crippen LogP contribution >= 0.6 is 11.3 Å². The van der Waals surface area contributed by atoms with Gasteiger partial charge in [0.05, 0.1) is 21.7 Å². The van der Waals surface area contributed by atoms with Gasteiger partial charge in [0.15, 0.2) is 4.80 Å². The molecule has 0 aliphatic carbocycles. The molecule has 4 aromatic rings. The van der Waals surface area contributed by atoms with Crippen LogP contribution in [-0.2, 0) is 26.1 Å². The first kappa shape index (κ1) is 24.4. The van der Waals surface area contributed by atoms with E-state index in [1.54, 1.807) is 41.8 Å². The number of carbonyl (C=O) groups excluding carboxylic acids is 2. The first-order chi connectivity index (χ1) is 16.8. The van der Waals surface area contributed by atoms with Crippen molar-refractivity contribution in [2.24, 2.45) is 4.99 Å². The number of aromatic nitrogens is 1. The van der Waals surface area contributed by atoms with Crippen LogP contribution in [0.15, 0.2) is 82.7 Å². The molecule has 1 N–H and O–H groups in total. The minimum absolute atomic E-state index is 0.0830. The van der Waals surface area contributed by atoms with Gasteiger partial charge in [0, 0.05) is 11.3 Å². The number of ether oxygens (including phenoxy) is 1. The molecule has 10 heteroatoms. The average molecular weight is 510 g/mol. The Morgan fingerprint density at radius 3 is 2.51 bits per heavy atom. The summed E-state index contributed by atoms with van der Waals surface area (Å²) in [7, 11) is -3.82. The third-order valence-corrected chi connectivity index (χ3v) is 7.53. The number of anilines is 1. The van der Waals surface area contributed by atoms with Gasteiger partial charge < -0.3 is 9.30 Å². The lowest BCUT2D eigenvalue weighted by atomic mass is 10.2. The van der Waals surface area contributed by atoms with Crippen LogP contribution in [0.4, 0.5) is 5.69 Å². The summed E-state index contributed by atoms with van der Waals surface area (Å²) in [5.41, 5.74) is 2.15. The largest absolute Gasteiger partial charge is 0.465 e. The zero-order valence-electron chi connectivity index (χ0n) is 19.1. The summed E-state index contributed by atoms with van der Waals surface area (Å²) in [6.07, 6.45) is 0. The maximum absolute atomic E-state index is 13.0. The van der Waals surface area contributed by atoms with E-state index in [1.165, 1.54) is 29.5 Å². The van der Waals surface area contributed by atoms with Gasteiger partial charge in [-0.1, -0.05) is 47.2 Å². The fourth-order valence-electron chi connectivity index (χ4n) is 3.39. The number of amides is 1. The van der Waals surface area contributed by atoms with E-state index in [2.05, 4.69) is 9.71 Å². The molecule has 0 atom stereocenters. The maximum atomic E-state index is 13.0. The molecule has 0 unspecified atom stereocenters. The Bertz CT molecular complexity index is 1570. The summed E-state index contributed by atoms with van der Waals surface area (Å²) in [5.74, 6) is -0.997. The molecule has 0 radical (unpaired) electrons. The number of hydrogen-bond acceptors (Lipinski definition) is 6. The van der Waals surface area contributed by atoms with Crippen molar-refractivity contribution in [1.82, 2.24) is 4.57 Å². The van der Waals surface area contributed by atoms with Gasteiger partial charge in [0.25, 0.3) is 15.9 Å². The van der Waals surface area contributed by atoms with Gasteiger partial charge in [0.1, 0.15) is 6.54 Å². The second-order valence-electron chi connectivity index (χ2n) is 7.66. The molecule has 180 valence electrons. The number of esters is 1. The summed E-state index contributed by atoms with van der Waals surface area (Å²) < 4.78 is 35.5. The fourth-order valence-corrected chi connectivity index (χ4v) is 5.47. The van der Waals surface area contributed by atoms with E-state index >= 15 is 0 Å². The van der Waals surface area contributed by atoms with E-state index in [4.69, 9.17) is 4.74 Å². The van der Waals surface area contributed by atoms with E-state index in [9.17, 15) is 18.0 Å². The predicted molar refractivity (Wildman–Crippen MR) is 135 cm³/mol. The standard InChI is InChI=1S/C25H23N3O5S2/c1-3-33-23(29)16-28-21-9-4-5-10-22(21)34-25(28)26-24(30)18-7-6-8-19(15-18)27-35(31,32)20-13-11-17(2)12-14-20/h4-15,27H,3,16H2,1-2H3. The quantitative estimate of drug-likeness (QED) is 0.377. The van der Waals surface area contributed by atoms with E-state index in [1.807, 2.05) is 31.2 Å². The van der Waals surface area contributed by atoms with Crippen LogP contribution in [0.25, 0.3) is 10.2 Å². The molecule has 1 amide bonds. The lowest BCUT2D eigenvalue weighted by molar-refractivity contribution is -0.143. The van der Waals surface area contributed by atoms with Gasteiger partial charge in [-0.15, -0.1) is 0 Å². The number of benzene rings is 3. The van der Waals surface area contributed by atoms with Crippen LogP contribution in [0.5, 0.6) is 0 Å². The number of rotatable bonds is 7. The SMILES string of the molecule is CCOC(=O)Cn1c(=NC(=O)c2cccc(NS(=O)(=O)c3ccc(C)cc3)c2)sc2ccccc21. The highest BCUT2D eigenvalue weighted by Crippen LogP contribution is 2.19. The number of carbonyl (C=O) groups is 2. The molecule has 0 aliphatic rings. The number of sulfonamides is 1. The third-order valence-electron chi connectivity index (χ3n) is 5.07. The molecular formula is C25H23N3O5S2. The number of nitrogens with one attached hydrogen (secondary N) is 1. The Morgan fingerprint density at radius 2 is 1.77 bits per heavy atom. The Morgan fingerprint density at radius 1 is 1.03 bits per heavy atom. The van der Waals surface area contributed by atoms with Crippen molar-refractivity contribution in [3.8, 4) is 0 Å². The van der Waals surface area contributed by atoms with E-state index in [0.29, 0.717) is 4.80 Å². The van der Waals surface area contributed by atoms with Crippen molar-refractivity contribution >= 4 is 49.1 Å². The lowest BCUT2D eigenvalue weighted by Crippen LogP contribution is -2.23. The molecule has 0 saturated heterocycles. The third kappa shape index (κ3) is 5.67. The molecule has 0 fully saturated rings. The van der Waals surface area contributed by atoms with Crippen molar-refractivity contribution < 1.29 is 22.7 Å². The highest BCUT2D eigenvalue weighted by Gasteiger charge is 2.16. The van der Waals surface area contributed by atoms with Crippen LogP contribution in [0.2, 0.25) is 0 Å². The van der Waals surface area contributed by atoms with Crippen molar-refractivity contribution in [1.29, 1.82) is 0 Å². The van der Waals surface area contributed by atoms with Gasteiger partial charge in [-0.3, -0.25) is 14.3 Å². The first-order valence-corrected chi connectivity index (χ1v) is 13.1. The molecule has 0 aliphatic heterocycles. The first-order valence-electron chi connectivity index (χ1n) is 10.8. The Kier molecular flexibility index (Phi) is 7.13. The second kappa shape index (κ2) is 10.2. The summed E-state index contributed by atoms with van der Waals surface area (Å²) in [6, 6.07) is 20.0. The lowest BCUT2D eigenvalue weighted by Gasteiger charge is -2.09. The highest BCUT2D eigenvalue weighted by molar-refractivity contribution is 7.92. The zero-order chi connectivity index (χ0) is 25.0. The van der Waals surface area contributed by atoms with Crippen molar-refractivity contribution in [3.63, 3.8) is 0 Å². The molecule has 1 heterocycles. The molecule has 4 rings (SSSR count). The molecule has 0 saturated carbocycles. The number of fused-ring (bicyclic) bond motifs is 1. The molecule has 1 aromatic heterocycles. The van der Waals surface area contributed by atoms with Crippen LogP contribution in [0.1, 0.15) is 22.8 Å². The Balaban J connectivity index is 1.66. The highest BCUT2D eigenvalue weighted by atomic mass is 32.2. The number of thiazole rings is 1. The summed E-state index contributed by atoms with van der Waals surface area (Å²) in [6.45, 7) is 3.76. The van der Waals surface area contributed by atoms with Crippen molar-refractivity contribution in [2.45, 2.75) is 25.3 Å². The molecule has 3 aromatic carbocycles. The monoisotopic (exact) mass is 509 g/mol. The van der Waals surface area contributed by atoms with Gasteiger partial charge in [-0.05, 0) is 56.3 Å². The predicted octanol–water partition coefficient (Wildman–Crippen LogP) is 4.12. The van der Waals surface area contributed by atoms with Crippen LogP contribution < -0.4 is 9.52 Å². The van der Waals surface area contributed by atoms with E-state index < -0.39 is 21.9 Å². The number of nitrogens with zero attached hydrogens (tertiary/aromatic N) is 2. The number of para-hydroxylation sites is 1. The summed E-state index contributed by atoms with van der Waals surface area (Å²) in [5, 5.41) is 0. The van der Waals surface area contributed by atoms with Crippen LogP contribution in [0.3, 0.4) is 0 Å². The van der Waals surface area contributed by atoms with Gasteiger partial charge in [-0.25, -0.2) is 8.42 Å². The van der Waals surface area contributed by atoms with E-state index in [-0.39, 0.29) is 29.3 Å². The number of hydrogen-bond donors (Lipinski definition) is 1. The topological polar surface area (TPSA) is 107 Å².